The number of ether oxygens (including phenoxy) is 1. The van der Waals surface area contributed by atoms with Crippen LogP contribution in [0.25, 0.3) is 11.6 Å². The molecule has 4 rings (SSSR count). The topological polar surface area (TPSA) is 82.2 Å². The zero-order chi connectivity index (χ0) is 19.3. The lowest BCUT2D eigenvalue weighted by Crippen LogP contribution is -2.31. The van der Waals surface area contributed by atoms with Crippen LogP contribution in [-0.4, -0.2) is 26.8 Å². The maximum Gasteiger partial charge on any atom is 0.290 e. The van der Waals surface area contributed by atoms with Gasteiger partial charge in [-0.25, -0.2) is 0 Å². The molecule has 4 aromatic rings. The van der Waals surface area contributed by atoms with Crippen LogP contribution in [0.1, 0.15) is 16.6 Å². The fourth-order valence-electron chi connectivity index (χ4n) is 2.60. The minimum Gasteiger partial charge on any atom is -0.481 e. The lowest BCUT2D eigenvalue weighted by atomic mass is 10.3. The molecule has 0 aliphatic rings. The molecule has 7 nitrogen and oxygen atoms in total. The highest BCUT2D eigenvalue weighted by Gasteiger charge is 2.24. The third-order valence-electron chi connectivity index (χ3n) is 3.96. The van der Waals surface area contributed by atoms with Crippen molar-refractivity contribution in [3.05, 3.63) is 71.1 Å². The monoisotopic (exact) mass is 394 g/mol. The van der Waals surface area contributed by atoms with Crippen LogP contribution >= 0.6 is 11.3 Å². The van der Waals surface area contributed by atoms with Gasteiger partial charge in [-0.05, 0) is 42.6 Å². The molecule has 0 aliphatic heterocycles. The number of anilines is 1. The molecule has 8 heteroatoms. The van der Waals surface area contributed by atoms with Gasteiger partial charge in [-0.2, -0.15) is 9.67 Å². The van der Waals surface area contributed by atoms with Crippen molar-refractivity contribution in [1.82, 2.24) is 14.8 Å². The molecule has 0 aliphatic carbocycles. The van der Waals surface area contributed by atoms with E-state index in [1.807, 2.05) is 35.7 Å². The second-order valence-electron chi connectivity index (χ2n) is 5.99. The first-order valence-corrected chi connectivity index (χ1v) is 9.62. The summed E-state index contributed by atoms with van der Waals surface area (Å²) in [6.45, 7) is 2.22. The van der Waals surface area contributed by atoms with Crippen LogP contribution in [0.3, 0.4) is 0 Å². The number of aromatic nitrogens is 3. The van der Waals surface area contributed by atoms with Crippen LogP contribution in [0.15, 0.2) is 70.7 Å². The SMILES string of the molecule is C[C@H](Oc1ccccc1)C(=O)n1nc(-c2ccco2)nc1NCc1cccs1. The first-order valence-electron chi connectivity index (χ1n) is 8.74. The molecule has 1 atom stereocenters. The average molecular weight is 394 g/mol. The molecule has 0 saturated heterocycles. The molecule has 0 bridgehead atoms. The predicted molar refractivity (Wildman–Crippen MR) is 107 cm³/mol. The van der Waals surface area contributed by atoms with E-state index in [1.54, 1.807) is 42.5 Å². The van der Waals surface area contributed by atoms with E-state index < -0.39 is 6.10 Å². The van der Waals surface area contributed by atoms with E-state index in [1.165, 1.54) is 10.9 Å². The van der Waals surface area contributed by atoms with Crippen molar-refractivity contribution in [1.29, 1.82) is 0 Å². The summed E-state index contributed by atoms with van der Waals surface area (Å²) in [5.74, 6) is 1.44. The van der Waals surface area contributed by atoms with Gasteiger partial charge in [0.1, 0.15) is 5.75 Å². The van der Waals surface area contributed by atoms with Gasteiger partial charge in [-0.1, -0.05) is 24.3 Å². The Morgan fingerprint density at radius 2 is 2.07 bits per heavy atom. The Morgan fingerprint density at radius 1 is 1.21 bits per heavy atom. The highest BCUT2D eigenvalue weighted by molar-refractivity contribution is 7.09. The maximum absolute atomic E-state index is 13.0. The Bertz CT molecular complexity index is 1030. The number of furan rings is 1. The molecule has 0 saturated carbocycles. The van der Waals surface area contributed by atoms with E-state index in [0.29, 0.717) is 29.8 Å². The average Bonchev–Trinajstić information content (AvgIpc) is 3.48. The van der Waals surface area contributed by atoms with Crippen molar-refractivity contribution in [3.8, 4) is 17.3 Å². The Morgan fingerprint density at radius 3 is 2.79 bits per heavy atom. The van der Waals surface area contributed by atoms with Gasteiger partial charge >= 0.3 is 0 Å². The smallest absolute Gasteiger partial charge is 0.290 e. The standard InChI is InChI=1S/C20H18N4O3S/c1-14(27-15-7-3-2-4-8-15)19(25)24-20(21-13-16-9-6-12-28-16)22-18(23-24)17-10-5-11-26-17/h2-12,14H,13H2,1H3,(H,21,22,23)/t14-/m0/s1. The van der Waals surface area contributed by atoms with Gasteiger partial charge < -0.3 is 14.5 Å². The quantitative estimate of drug-likeness (QED) is 0.503. The summed E-state index contributed by atoms with van der Waals surface area (Å²) in [7, 11) is 0. The fourth-order valence-corrected chi connectivity index (χ4v) is 3.24. The lowest BCUT2D eigenvalue weighted by molar-refractivity contribution is 0.0713. The van der Waals surface area contributed by atoms with Gasteiger partial charge in [-0.15, -0.1) is 16.4 Å². The lowest BCUT2D eigenvalue weighted by Gasteiger charge is -2.14. The van der Waals surface area contributed by atoms with Gasteiger partial charge in [0.25, 0.3) is 5.91 Å². The number of thiophene rings is 1. The number of carbonyl (C=O) groups excluding carboxylic acids is 1. The molecule has 0 unspecified atom stereocenters. The summed E-state index contributed by atoms with van der Waals surface area (Å²) in [5.41, 5.74) is 0. The van der Waals surface area contributed by atoms with Crippen LogP contribution in [0, 0.1) is 0 Å². The van der Waals surface area contributed by atoms with Crippen molar-refractivity contribution in [2.75, 3.05) is 5.32 Å². The van der Waals surface area contributed by atoms with Gasteiger partial charge in [0.2, 0.25) is 11.8 Å². The molecule has 1 N–H and O–H groups in total. The van der Waals surface area contributed by atoms with Crippen LogP contribution in [0.5, 0.6) is 5.75 Å². The largest absolute Gasteiger partial charge is 0.481 e. The number of nitrogens with one attached hydrogen (secondary N) is 1. The van der Waals surface area contributed by atoms with Crippen LogP contribution in [-0.2, 0) is 6.54 Å². The van der Waals surface area contributed by atoms with E-state index in [4.69, 9.17) is 9.15 Å². The second-order valence-corrected chi connectivity index (χ2v) is 7.02. The molecule has 3 aromatic heterocycles. The van der Waals surface area contributed by atoms with Gasteiger partial charge in [0.05, 0.1) is 12.8 Å². The minimum absolute atomic E-state index is 0.331. The van der Waals surface area contributed by atoms with Crippen molar-refractivity contribution < 1.29 is 13.9 Å². The molecule has 142 valence electrons. The first kappa shape index (κ1) is 18.0. The number of rotatable bonds is 7. The van der Waals surface area contributed by atoms with Crippen LogP contribution in [0.2, 0.25) is 0 Å². The van der Waals surface area contributed by atoms with Crippen molar-refractivity contribution in [2.45, 2.75) is 19.6 Å². The summed E-state index contributed by atoms with van der Waals surface area (Å²) in [6, 6.07) is 16.7. The zero-order valence-electron chi connectivity index (χ0n) is 15.1. The molecular formula is C20H18N4O3S. The van der Waals surface area contributed by atoms with Crippen molar-refractivity contribution in [2.24, 2.45) is 0 Å². The molecule has 3 heterocycles. The maximum atomic E-state index is 13.0. The molecular weight excluding hydrogens is 376 g/mol. The third kappa shape index (κ3) is 3.96. The predicted octanol–water partition coefficient (Wildman–Crippen LogP) is 4.32. The van der Waals surface area contributed by atoms with Crippen LogP contribution < -0.4 is 10.1 Å². The summed E-state index contributed by atoms with van der Waals surface area (Å²) >= 11 is 1.62. The Labute approximate surface area is 165 Å². The number of nitrogens with zero attached hydrogens (tertiary/aromatic N) is 3. The molecule has 0 radical (unpaired) electrons. The number of hydrogen-bond donors (Lipinski definition) is 1. The van der Waals surface area contributed by atoms with Crippen molar-refractivity contribution >= 4 is 23.2 Å². The number of carbonyl (C=O) groups is 1. The third-order valence-corrected chi connectivity index (χ3v) is 4.84. The van der Waals surface area contributed by atoms with E-state index in [9.17, 15) is 4.79 Å². The number of para-hydroxylation sites is 1. The number of benzene rings is 1. The summed E-state index contributed by atoms with van der Waals surface area (Å²) in [6.07, 6.45) is 0.799. The zero-order valence-corrected chi connectivity index (χ0v) is 15.9. The Hall–Kier alpha value is -3.39. The molecule has 0 amide bonds. The first-order chi connectivity index (χ1) is 13.7. The summed E-state index contributed by atoms with van der Waals surface area (Å²) in [4.78, 5) is 18.5. The minimum atomic E-state index is -0.740. The van der Waals surface area contributed by atoms with Gasteiger partial charge in [0.15, 0.2) is 11.9 Å². The number of hydrogen-bond acceptors (Lipinski definition) is 7. The van der Waals surface area contributed by atoms with Gasteiger partial charge in [-0.3, -0.25) is 4.79 Å². The molecule has 0 spiro atoms. The van der Waals surface area contributed by atoms with E-state index in [2.05, 4.69) is 15.4 Å². The normalized spacial score (nSPS) is 11.9. The summed E-state index contributed by atoms with van der Waals surface area (Å²) in [5, 5.41) is 9.51. The van der Waals surface area contributed by atoms with E-state index in [0.717, 1.165) is 4.88 Å². The highest BCUT2D eigenvalue weighted by atomic mass is 32.1. The Kier molecular flexibility index (Phi) is 5.20. The molecule has 28 heavy (non-hydrogen) atoms. The summed E-state index contributed by atoms with van der Waals surface area (Å²) < 4.78 is 12.4. The van der Waals surface area contributed by atoms with Gasteiger partial charge in [0, 0.05) is 4.88 Å². The highest BCUT2D eigenvalue weighted by Crippen LogP contribution is 2.20. The van der Waals surface area contributed by atoms with E-state index >= 15 is 0 Å². The van der Waals surface area contributed by atoms with Crippen LogP contribution in [0.4, 0.5) is 5.95 Å². The molecule has 1 aromatic carbocycles. The Balaban J connectivity index is 1.58. The van der Waals surface area contributed by atoms with E-state index in [-0.39, 0.29) is 5.91 Å². The molecule has 0 fully saturated rings. The second kappa shape index (κ2) is 8.10. The van der Waals surface area contributed by atoms with Crippen molar-refractivity contribution in [3.63, 3.8) is 0 Å². The fraction of sp³-hybridized carbons (Fsp3) is 0.150.